The summed E-state index contributed by atoms with van der Waals surface area (Å²) in [7, 11) is 0. The van der Waals surface area contributed by atoms with Gasteiger partial charge in [0.05, 0.1) is 0 Å². The molecule has 9 nitrogen and oxygen atoms in total. The molecular weight excluding hydrogens is 602 g/mol. The lowest BCUT2D eigenvalue weighted by molar-refractivity contribution is -0.130. The van der Waals surface area contributed by atoms with Crippen molar-refractivity contribution in [3.05, 3.63) is 102 Å². The van der Waals surface area contributed by atoms with Crippen molar-refractivity contribution in [1.82, 2.24) is 25.8 Å². The van der Waals surface area contributed by atoms with Gasteiger partial charge in [-0.25, -0.2) is 4.79 Å². The Hall–Kier alpha value is -4.79. The average Bonchev–Trinajstić information content (AvgIpc) is 3.30. The fourth-order valence-corrected chi connectivity index (χ4v) is 6.18. The van der Waals surface area contributed by atoms with Crippen molar-refractivity contribution in [1.29, 1.82) is 0 Å². The number of ether oxygens (including phenoxy) is 1. The number of benzene rings is 3. The van der Waals surface area contributed by atoms with E-state index in [0.29, 0.717) is 39.1 Å². The van der Waals surface area contributed by atoms with Gasteiger partial charge in [-0.2, -0.15) is 0 Å². The Morgan fingerprint density at radius 3 is 2.23 bits per heavy atom. The number of fused-ring (bicyclic) bond motifs is 1. The van der Waals surface area contributed by atoms with E-state index >= 15 is 0 Å². The minimum atomic E-state index is -0.832. The molecule has 9 heteroatoms. The average molecular weight is 652 g/mol. The van der Waals surface area contributed by atoms with Crippen LogP contribution < -0.4 is 20.7 Å². The van der Waals surface area contributed by atoms with E-state index in [0.717, 1.165) is 59.0 Å². The first-order chi connectivity index (χ1) is 23.4. The van der Waals surface area contributed by atoms with Gasteiger partial charge in [0.25, 0.3) is 0 Å². The van der Waals surface area contributed by atoms with Crippen LogP contribution in [0.25, 0.3) is 10.9 Å². The van der Waals surface area contributed by atoms with E-state index in [1.807, 2.05) is 97.7 Å². The normalized spacial score (nSPS) is 14.6. The lowest BCUT2D eigenvalue weighted by atomic mass is 10.0. The number of urea groups is 1. The van der Waals surface area contributed by atoms with E-state index in [-0.39, 0.29) is 30.2 Å². The second-order valence-corrected chi connectivity index (χ2v) is 13.1. The van der Waals surface area contributed by atoms with E-state index < -0.39 is 12.1 Å². The number of carbonyl (C=O) groups excluding carboxylic acids is 3. The van der Waals surface area contributed by atoms with E-state index in [2.05, 4.69) is 27.0 Å². The third-order valence-electron chi connectivity index (χ3n) is 8.83. The summed E-state index contributed by atoms with van der Waals surface area (Å²) in [5, 5.41) is 10.2. The van der Waals surface area contributed by atoms with Crippen LogP contribution >= 0.6 is 0 Å². The number of amides is 4. The van der Waals surface area contributed by atoms with Crippen LogP contribution in [0.5, 0.6) is 5.75 Å². The Labute approximate surface area is 283 Å². The highest BCUT2D eigenvalue weighted by Gasteiger charge is 2.29. The SMILES string of the molecule is CC(C)C[C@H](NC(=O)N1CCCCCC1)C(=O)N[C@@H](Cc1ccc(OCc2ccccc2)cc1)C(=O)NCCc1c[nH]c2ccccc12. The van der Waals surface area contributed by atoms with Crippen molar-refractivity contribution >= 4 is 28.7 Å². The number of likely N-dealkylation sites (tertiary alicyclic amines) is 1. The summed E-state index contributed by atoms with van der Waals surface area (Å²) >= 11 is 0. The van der Waals surface area contributed by atoms with Gasteiger partial charge in [-0.1, -0.05) is 87.4 Å². The molecule has 1 aliphatic heterocycles. The lowest BCUT2D eigenvalue weighted by Gasteiger charge is -2.27. The molecule has 254 valence electrons. The summed E-state index contributed by atoms with van der Waals surface area (Å²) in [5.74, 6) is 0.262. The van der Waals surface area contributed by atoms with Crippen molar-refractivity contribution < 1.29 is 19.1 Å². The molecule has 1 saturated heterocycles. The number of aromatic nitrogens is 1. The van der Waals surface area contributed by atoms with E-state index in [1.165, 1.54) is 0 Å². The molecule has 1 fully saturated rings. The van der Waals surface area contributed by atoms with Gasteiger partial charge in [0.15, 0.2) is 0 Å². The summed E-state index contributed by atoms with van der Waals surface area (Å²) in [6.45, 7) is 6.30. The van der Waals surface area contributed by atoms with Crippen molar-refractivity contribution in [2.24, 2.45) is 5.92 Å². The van der Waals surface area contributed by atoms with Crippen LogP contribution in [0.15, 0.2) is 85.1 Å². The van der Waals surface area contributed by atoms with Crippen LogP contribution in [0.1, 0.15) is 62.6 Å². The molecule has 0 radical (unpaired) electrons. The second-order valence-electron chi connectivity index (χ2n) is 13.1. The molecule has 0 aliphatic carbocycles. The van der Waals surface area contributed by atoms with Gasteiger partial charge in [0.2, 0.25) is 11.8 Å². The number of hydrogen-bond acceptors (Lipinski definition) is 4. The molecule has 0 bridgehead atoms. The maximum Gasteiger partial charge on any atom is 0.318 e. The second kappa shape index (κ2) is 17.4. The van der Waals surface area contributed by atoms with Gasteiger partial charge in [-0.3, -0.25) is 9.59 Å². The molecule has 1 aromatic heterocycles. The Bertz CT molecular complexity index is 1610. The van der Waals surface area contributed by atoms with Crippen molar-refractivity contribution in [3.8, 4) is 5.75 Å². The third kappa shape index (κ3) is 10.1. The third-order valence-corrected chi connectivity index (χ3v) is 8.83. The van der Waals surface area contributed by atoms with Gasteiger partial charge in [0.1, 0.15) is 24.4 Å². The number of nitrogens with zero attached hydrogens (tertiary/aromatic N) is 1. The number of H-pyrrole nitrogens is 1. The van der Waals surface area contributed by atoms with Crippen LogP contribution in [0, 0.1) is 5.92 Å². The number of carbonyl (C=O) groups is 3. The Morgan fingerprint density at radius 2 is 1.50 bits per heavy atom. The number of hydrogen-bond donors (Lipinski definition) is 4. The molecule has 1 aliphatic rings. The molecule has 4 N–H and O–H groups in total. The van der Waals surface area contributed by atoms with Crippen LogP contribution in [0.2, 0.25) is 0 Å². The fraction of sp³-hybridized carbons (Fsp3) is 0.410. The molecule has 2 heterocycles. The van der Waals surface area contributed by atoms with Gasteiger partial charge in [0, 0.05) is 43.2 Å². The zero-order chi connectivity index (χ0) is 33.7. The molecule has 0 saturated carbocycles. The van der Waals surface area contributed by atoms with Gasteiger partial charge in [-0.15, -0.1) is 0 Å². The van der Waals surface area contributed by atoms with Gasteiger partial charge < -0.3 is 30.6 Å². The summed E-state index contributed by atoms with van der Waals surface area (Å²) < 4.78 is 5.95. The summed E-state index contributed by atoms with van der Waals surface area (Å²) in [5.41, 5.74) is 4.13. The minimum Gasteiger partial charge on any atom is -0.489 e. The minimum absolute atomic E-state index is 0.164. The summed E-state index contributed by atoms with van der Waals surface area (Å²) in [6.07, 6.45) is 7.52. The van der Waals surface area contributed by atoms with Crippen LogP contribution in [-0.4, -0.2) is 59.4 Å². The molecule has 0 spiro atoms. The molecular formula is C39H49N5O4. The smallest absolute Gasteiger partial charge is 0.318 e. The Kier molecular flexibility index (Phi) is 12.5. The Morgan fingerprint density at radius 1 is 0.792 bits per heavy atom. The maximum absolute atomic E-state index is 13.8. The summed E-state index contributed by atoms with van der Waals surface area (Å²) in [6, 6.07) is 23.9. The predicted molar refractivity (Wildman–Crippen MR) is 190 cm³/mol. The molecule has 5 rings (SSSR count). The van der Waals surface area contributed by atoms with Crippen molar-refractivity contribution in [2.45, 2.75) is 77.5 Å². The van der Waals surface area contributed by atoms with Gasteiger partial charge in [-0.05, 0) is 66.5 Å². The molecule has 4 aromatic rings. The van der Waals surface area contributed by atoms with E-state index in [4.69, 9.17) is 4.74 Å². The van der Waals surface area contributed by atoms with Crippen molar-refractivity contribution in [2.75, 3.05) is 19.6 Å². The first kappa shape index (κ1) is 34.5. The zero-order valence-corrected chi connectivity index (χ0v) is 28.2. The largest absolute Gasteiger partial charge is 0.489 e. The first-order valence-corrected chi connectivity index (χ1v) is 17.3. The first-order valence-electron chi connectivity index (χ1n) is 17.3. The standard InChI is InChI=1S/C39H49N5O4/c1-28(2)24-35(43-39(47)44-22-10-3-4-11-23-44)38(46)42-36(37(45)40-21-20-31-26-41-34-15-9-8-14-33(31)34)25-29-16-18-32(19-17-29)48-27-30-12-6-5-7-13-30/h5-9,12-19,26,28,35-36,41H,3-4,10-11,20-25,27H2,1-2H3,(H,40,45)(H,42,46)(H,43,47)/t35-,36-/m0/s1. The van der Waals surface area contributed by atoms with Crippen LogP contribution in [0.3, 0.4) is 0 Å². The number of para-hydroxylation sites is 1. The molecule has 4 amide bonds. The molecule has 48 heavy (non-hydrogen) atoms. The quantitative estimate of drug-likeness (QED) is 0.131. The fourth-order valence-electron chi connectivity index (χ4n) is 6.18. The highest BCUT2D eigenvalue weighted by molar-refractivity contribution is 5.92. The van der Waals surface area contributed by atoms with Crippen molar-refractivity contribution in [3.63, 3.8) is 0 Å². The van der Waals surface area contributed by atoms with Crippen LogP contribution in [0.4, 0.5) is 4.79 Å². The lowest BCUT2D eigenvalue weighted by Crippen LogP contribution is -2.56. The Balaban J connectivity index is 1.26. The number of rotatable bonds is 14. The molecule has 0 unspecified atom stereocenters. The highest BCUT2D eigenvalue weighted by Crippen LogP contribution is 2.19. The van der Waals surface area contributed by atoms with Gasteiger partial charge >= 0.3 is 6.03 Å². The topological polar surface area (TPSA) is 116 Å². The van der Waals surface area contributed by atoms with Crippen LogP contribution in [-0.2, 0) is 29.0 Å². The molecule has 3 aromatic carbocycles. The predicted octanol–water partition coefficient (Wildman–Crippen LogP) is 6.13. The monoisotopic (exact) mass is 651 g/mol. The number of nitrogens with one attached hydrogen (secondary N) is 4. The zero-order valence-electron chi connectivity index (χ0n) is 28.2. The van der Waals surface area contributed by atoms with E-state index in [9.17, 15) is 14.4 Å². The highest BCUT2D eigenvalue weighted by atomic mass is 16.5. The maximum atomic E-state index is 13.8. The number of aromatic amines is 1. The molecule has 2 atom stereocenters. The summed E-state index contributed by atoms with van der Waals surface area (Å²) in [4.78, 5) is 45.8. The van der Waals surface area contributed by atoms with E-state index in [1.54, 1.807) is 0 Å².